The summed E-state index contributed by atoms with van der Waals surface area (Å²) in [5, 5.41) is 0. The molecule has 0 radical (unpaired) electrons. The minimum absolute atomic E-state index is 0.0772. The summed E-state index contributed by atoms with van der Waals surface area (Å²) >= 11 is 2.73. The zero-order valence-electron chi connectivity index (χ0n) is 9.01. The summed E-state index contributed by atoms with van der Waals surface area (Å²) in [5.41, 5.74) is 0. The second-order valence-electron chi connectivity index (χ2n) is 4.60. The van der Waals surface area contributed by atoms with Crippen LogP contribution in [0.3, 0.4) is 0 Å². The second-order valence-corrected chi connectivity index (χ2v) is 5.71. The first-order chi connectivity index (χ1) is 7.47. The number of halogens is 4. The molecule has 2 saturated heterocycles. The van der Waals surface area contributed by atoms with Gasteiger partial charge in [-0.25, -0.2) is 0 Å². The fraction of sp³-hybridized carbons (Fsp3) is 1.00. The van der Waals surface area contributed by atoms with Crippen LogP contribution in [-0.2, 0) is 0 Å². The molecule has 0 aromatic heterocycles. The maximum atomic E-state index is 12.4. The Kier molecular flexibility index (Phi) is 3.81. The molecule has 6 heteroatoms. The molecule has 2 heterocycles. The molecule has 2 aliphatic rings. The van der Waals surface area contributed by atoms with Crippen molar-refractivity contribution in [3.63, 3.8) is 0 Å². The molecule has 0 N–H and O–H groups in total. The van der Waals surface area contributed by atoms with Crippen molar-refractivity contribution in [3.8, 4) is 0 Å². The Hall–Kier alpha value is 0.190. The number of fused-ring (bicyclic) bond motifs is 1. The monoisotopic (exact) mass is 300 g/mol. The fourth-order valence-corrected chi connectivity index (χ4v) is 2.96. The third kappa shape index (κ3) is 2.90. The van der Waals surface area contributed by atoms with E-state index in [-0.39, 0.29) is 6.54 Å². The van der Waals surface area contributed by atoms with Crippen molar-refractivity contribution in [3.05, 3.63) is 0 Å². The predicted octanol–water partition coefficient (Wildman–Crippen LogP) is 2.09. The standard InChI is InChI=1S/C10H16BrF3N2/c11-9(10(12,13)14)7-15-4-5-16-3-1-2-8(16)6-15/h8-9H,1-7H2. The summed E-state index contributed by atoms with van der Waals surface area (Å²) in [5.74, 6) is 0. The van der Waals surface area contributed by atoms with Crippen LogP contribution in [0.4, 0.5) is 13.2 Å². The van der Waals surface area contributed by atoms with Crippen LogP contribution in [0.5, 0.6) is 0 Å². The lowest BCUT2D eigenvalue weighted by Gasteiger charge is -2.38. The quantitative estimate of drug-likeness (QED) is 0.721. The molecule has 0 amide bonds. The van der Waals surface area contributed by atoms with E-state index in [2.05, 4.69) is 20.8 Å². The maximum Gasteiger partial charge on any atom is 0.402 e. The number of hydrogen-bond donors (Lipinski definition) is 0. The molecule has 2 nitrogen and oxygen atoms in total. The van der Waals surface area contributed by atoms with Crippen LogP contribution in [0.25, 0.3) is 0 Å². The highest BCUT2D eigenvalue weighted by Crippen LogP contribution is 2.28. The summed E-state index contributed by atoms with van der Waals surface area (Å²) in [7, 11) is 0. The smallest absolute Gasteiger partial charge is 0.299 e. The minimum Gasteiger partial charge on any atom is -0.299 e. The van der Waals surface area contributed by atoms with Gasteiger partial charge in [-0.1, -0.05) is 15.9 Å². The lowest BCUT2D eigenvalue weighted by atomic mass is 10.1. The molecule has 94 valence electrons. The van der Waals surface area contributed by atoms with E-state index in [9.17, 15) is 13.2 Å². The average molecular weight is 301 g/mol. The van der Waals surface area contributed by atoms with Crippen molar-refractivity contribution in [2.24, 2.45) is 0 Å². The van der Waals surface area contributed by atoms with E-state index in [0.29, 0.717) is 6.04 Å². The van der Waals surface area contributed by atoms with Gasteiger partial charge in [0, 0.05) is 32.2 Å². The van der Waals surface area contributed by atoms with E-state index in [1.54, 1.807) is 0 Å². The van der Waals surface area contributed by atoms with Crippen LogP contribution in [0.15, 0.2) is 0 Å². The second kappa shape index (κ2) is 4.82. The summed E-state index contributed by atoms with van der Waals surface area (Å²) in [6.07, 6.45) is -1.81. The molecular formula is C10H16BrF3N2. The molecule has 0 aromatic carbocycles. The van der Waals surface area contributed by atoms with Crippen LogP contribution in [0, 0.1) is 0 Å². The third-order valence-corrected chi connectivity index (χ3v) is 4.25. The van der Waals surface area contributed by atoms with Crippen molar-refractivity contribution in [2.75, 3.05) is 32.7 Å². The molecule has 16 heavy (non-hydrogen) atoms. The molecule has 2 unspecified atom stereocenters. The van der Waals surface area contributed by atoms with Crippen LogP contribution in [0.2, 0.25) is 0 Å². The Bertz CT molecular complexity index is 247. The van der Waals surface area contributed by atoms with Gasteiger partial charge in [-0.3, -0.25) is 9.80 Å². The molecular weight excluding hydrogens is 285 g/mol. The van der Waals surface area contributed by atoms with E-state index in [1.807, 2.05) is 4.90 Å². The third-order valence-electron chi connectivity index (χ3n) is 3.45. The Balaban J connectivity index is 1.83. The van der Waals surface area contributed by atoms with Crippen molar-refractivity contribution in [2.45, 2.75) is 29.9 Å². The Morgan fingerprint density at radius 1 is 1.25 bits per heavy atom. The summed E-state index contributed by atoms with van der Waals surface area (Å²) < 4.78 is 37.2. The van der Waals surface area contributed by atoms with Crippen molar-refractivity contribution in [1.29, 1.82) is 0 Å². The van der Waals surface area contributed by atoms with Crippen molar-refractivity contribution in [1.82, 2.24) is 9.80 Å². The van der Waals surface area contributed by atoms with Gasteiger partial charge in [0.25, 0.3) is 0 Å². The minimum atomic E-state index is -4.13. The molecule has 2 aliphatic heterocycles. The molecule has 2 atom stereocenters. The highest BCUT2D eigenvalue weighted by Gasteiger charge is 2.40. The van der Waals surface area contributed by atoms with E-state index >= 15 is 0 Å². The highest BCUT2D eigenvalue weighted by molar-refractivity contribution is 9.09. The van der Waals surface area contributed by atoms with Gasteiger partial charge in [0.1, 0.15) is 4.83 Å². The average Bonchev–Trinajstić information content (AvgIpc) is 2.63. The number of nitrogens with zero attached hydrogens (tertiary/aromatic N) is 2. The van der Waals surface area contributed by atoms with Crippen LogP contribution in [-0.4, -0.2) is 59.6 Å². The lowest BCUT2D eigenvalue weighted by molar-refractivity contribution is -0.131. The van der Waals surface area contributed by atoms with Crippen LogP contribution < -0.4 is 0 Å². The van der Waals surface area contributed by atoms with E-state index in [0.717, 1.165) is 32.6 Å². The van der Waals surface area contributed by atoms with Crippen LogP contribution >= 0.6 is 15.9 Å². The first-order valence-corrected chi connectivity index (χ1v) is 6.55. The van der Waals surface area contributed by atoms with Gasteiger partial charge in [0.15, 0.2) is 0 Å². The van der Waals surface area contributed by atoms with Gasteiger partial charge in [-0.05, 0) is 19.4 Å². The number of hydrogen-bond acceptors (Lipinski definition) is 2. The van der Waals surface area contributed by atoms with E-state index in [1.165, 1.54) is 6.42 Å². The van der Waals surface area contributed by atoms with Gasteiger partial charge in [0.05, 0.1) is 0 Å². The van der Waals surface area contributed by atoms with Crippen LogP contribution in [0.1, 0.15) is 12.8 Å². The van der Waals surface area contributed by atoms with Gasteiger partial charge < -0.3 is 0 Å². The summed E-state index contributed by atoms with van der Waals surface area (Å²) in [6, 6.07) is 0.488. The number of piperazine rings is 1. The first kappa shape index (κ1) is 12.6. The number of rotatable bonds is 2. The normalized spacial score (nSPS) is 30.4. The maximum absolute atomic E-state index is 12.4. The number of alkyl halides is 4. The van der Waals surface area contributed by atoms with E-state index in [4.69, 9.17) is 0 Å². The van der Waals surface area contributed by atoms with Gasteiger partial charge >= 0.3 is 6.18 Å². The summed E-state index contributed by atoms with van der Waals surface area (Å²) in [6.45, 7) is 3.67. The first-order valence-electron chi connectivity index (χ1n) is 5.64. The van der Waals surface area contributed by atoms with Gasteiger partial charge in [-0.2, -0.15) is 13.2 Å². The molecule has 0 saturated carbocycles. The summed E-state index contributed by atoms with van der Waals surface area (Å²) in [4.78, 5) is 2.93. The Morgan fingerprint density at radius 3 is 2.69 bits per heavy atom. The Labute approximate surface area is 102 Å². The van der Waals surface area contributed by atoms with Crippen molar-refractivity contribution >= 4 is 15.9 Å². The SMILES string of the molecule is FC(F)(F)C(Br)CN1CCN2CCCC2C1. The molecule has 0 aliphatic carbocycles. The predicted molar refractivity (Wildman–Crippen MR) is 59.8 cm³/mol. The molecule has 0 aromatic rings. The molecule has 0 spiro atoms. The van der Waals surface area contributed by atoms with Crippen molar-refractivity contribution < 1.29 is 13.2 Å². The fourth-order valence-electron chi connectivity index (χ4n) is 2.55. The lowest BCUT2D eigenvalue weighted by Crippen LogP contribution is -2.52. The largest absolute Gasteiger partial charge is 0.402 e. The van der Waals surface area contributed by atoms with Gasteiger partial charge in [0.2, 0.25) is 0 Å². The Morgan fingerprint density at radius 2 is 2.00 bits per heavy atom. The highest BCUT2D eigenvalue weighted by atomic mass is 79.9. The molecule has 0 bridgehead atoms. The molecule has 2 rings (SSSR count). The zero-order chi connectivity index (χ0) is 11.8. The topological polar surface area (TPSA) is 6.48 Å². The van der Waals surface area contributed by atoms with Gasteiger partial charge in [-0.15, -0.1) is 0 Å². The zero-order valence-corrected chi connectivity index (χ0v) is 10.6. The molecule has 2 fully saturated rings. The van der Waals surface area contributed by atoms with E-state index < -0.39 is 11.0 Å².